The van der Waals surface area contributed by atoms with Crippen LogP contribution in [0.1, 0.15) is 51.4 Å². The van der Waals surface area contributed by atoms with Crippen LogP contribution < -0.4 is 5.73 Å². The Morgan fingerprint density at radius 3 is 2.56 bits per heavy atom. The van der Waals surface area contributed by atoms with Gasteiger partial charge in [-0.15, -0.1) is 0 Å². The Balaban J connectivity index is 1.74. The lowest BCUT2D eigenvalue weighted by molar-refractivity contribution is 0.201. The molecule has 0 aromatic rings. The van der Waals surface area contributed by atoms with E-state index < -0.39 is 0 Å². The Kier molecular flexibility index (Phi) is 4.49. The molecule has 2 fully saturated rings. The van der Waals surface area contributed by atoms with Crippen LogP contribution in [0.25, 0.3) is 0 Å². The van der Waals surface area contributed by atoms with Crippen LogP contribution in [0.2, 0.25) is 0 Å². The SMILES string of the molecule is CN(CC1CCCCC1)CC1(CC(N)=NO)CC1. The third kappa shape index (κ3) is 3.87. The topological polar surface area (TPSA) is 61.8 Å². The van der Waals surface area contributed by atoms with Gasteiger partial charge in [0, 0.05) is 19.5 Å². The van der Waals surface area contributed by atoms with Crippen molar-refractivity contribution in [3.63, 3.8) is 0 Å². The Hall–Kier alpha value is -0.770. The van der Waals surface area contributed by atoms with Gasteiger partial charge in [-0.3, -0.25) is 0 Å². The predicted molar refractivity (Wildman–Crippen MR) is 73.8 cm³/mol. The van der Waals surface area contributed by atoms with E-state index in [0.717, 1.165) is 18.9 Å². The number of hydrogen-bond donors (Lipinski definition) is 2. The van der Waals surface area contributed by atoms with E-state index in [2.05, 4.69) is 17.1 Å². The van der Waals surface area contributed by atoms with Crippen molar-refractivity contribution >= 4 is 5.84 Å². The quantitative estimate of drug-likeness (QED) is 0.331. The van der Waals surface area contributed by atoms with Crippen molar-refractivity contribution in [1.29, 1.82) is 0 Å². The van der Waals surface area contributed by atoms with Gasteiger partial charge in [0.2, 0.25) is 0 Å². The summed E-state index contributed by atoms with van der Waals surface area (Å²) in [6.45, 7) is 2.32. The average molecular weight is 253 g/mol. The van der Waals surface area contributed by atoms with Gasteiger partial charge in [0.05, 0.1) is 0 Å². The standard InChI is InChI=1S/C14H27N3O/c1-17(10-12-5-3-2-4-6-12)11-14(7-8-14)9-13(15)16-18/h12,18H,2-11H2,1H3,(H2,15,16). The van der Waals surface area contributed by atoms with Gasteiger partial charge >= 0.3 is 0 Å². The number of nitrogens with two attached hydrogens (primary N) is 1. The summed E-state index contributed by atoms with van der Waals surface area (Å²) in [5.74, 6) is 1.28. The van der Waals surface area contributed by atoms with Gasteiger partial charge in [-0.2, -0.15) is 0 Å². The first kappa shape index (κ1) is 13.7. The lowest BCUT2D eigenvalue weighted by atomic mass is 9.88. The third-order valence-corrected chi connectivity index (χ3v) is 4.54. The molecule has 0 aliphatic heterocycles. The molecule has 2 aliphatic rings. The zero-order chi connectivity index (χ0) is 13.0. The highest BCUT2D eigenvalue weighted by Crippen LogP contribution is 2.49. The fraction of sp³-hybridized carbons (Fsp3) is 0.929. The molecule has 2 saturated carbocycles. The molecule has 2 rings (SSSR count). The Morgan fingerprint density at radius 2 is 2.00 bits per heavy atom. The van der Waals surface area contributed by atoms with Gasteiger partial charge in [-0.05, 0) is 44.1 Å². The maximum atomic E-state index is 8.67. The van der Waals surface area contributed by atoms with Crippen molar-refractivity contribution in [2.24, 2.45) is 22.2 Å². The van der Waals surface area contributed by atoms with E-state index >= 15 is 0 Å². The van der Waals surface area contributed by atoms with E-state index in [-0.39, 0.29) is 0 Å². The fourth-order valence-corrected chi connectivity index (χ4v) is 3.43. The highest BCUT2D eigenvalue weighted by Gasteiger charge is 2.44. The largest absolute Gasteiger partial charge is 0.409 e. The molecule has 0 saturated heterocycles. The van der Waals surface area contributed by atoms with E-state index in [1.165, 1.54) is 51.5 Å². The maximum absolute atomic E-state index is 8.67. The van der Waals surface area contributed by atoms with Crippen molar-refractivity contribution < 1.29 is 5.21 Å². The predicted octanol–water partition coefficient (Wildman–Crippen LogP) is 2.42. The number of nitrogens with zero attached hydrogens (tertiary/aromatic N) is 2. The van der Waals surface area contributed by atoms with Crippen molar-refractivity contribution in [2.45, 2.75) is 51.4 Å². The molecular formula is C14H27N3O. The van der Waals surface area contributed by atoms with Gasteiger partial charge in [-0.25, -0.2) is 0 Å². The molecule has 3 N–H and O–H groups in total. The molecule has 18 heavy (non-hydrogen) atoms. The summed E-state index contributed by atoms with van der Waals surface area (Å²) in [5, 5.41) is 11.8. The number of amidine groups is 1. The third-order valence-electron chi connectivity index (χ3n) is 4.54. The van der Waals surface area contributed by atoms with Crippen molar-refractivity contribution in [3.8, 4) is 0 Å². The fourth-order valence-electron chi connectivity index (χ4n) is 3.43. The minimum atomic E-state index is 0.305. The summed E-state index contributed by atoms with van der Waals surface area (Å²) >= 11 is 0. The monoisotopic (exact) mass is 253 g/mol. The number of oxime groups is 1. The molecule has 0 aromatic carbocycles. The summed E-state index contributed by atoms with van der Waals surface area (Å²) in [6.07, 6.45) is 10.2. The molecule has 0 unspecified atom stereocenters. The van der Waals surface area contributed by atoms with Crippen LogP contribution in [-0.2, 0) is 0 Å². The van der Waals surface area contributed by atoms with Gasteiger partial charge in [0.1, 0.15) is 5.84 Å². The lowest BCUT2D eigenvalue weighted by Gasteiger charge is -2.29. The molecule has 104 valence electrons. The number of rotatable bonds is 6. The van der Waals surface area contributed by atoms with Crippen LogP contribution in [0.5, 0.6) is 0 Å². The molecule has 0 radical (unpaired) electrons. The van der Waals surface area contributed by atoms with E-state index in [9.17, 15) is 0 Å². The second kappa shape index (κ2) is 5.91. The second-order valence-corrected chi connectivity index (χ2v) is 6.47. The molecule has 0 spiro atoms. The van der Waals surface area contributed by atoms with Gasteiger partial charge in [-0.1, -0.05) is 24.4 Å². The van der Waals surface area contributed by atoms with Gasteiger partial charge in [0.15, 0.2) is 0 Å². The Labute approximate surface area is 110 Å². The molecule has 4 nitrogen and oxygen atoms in total. The van der Waals surface area contributed by atoms with Crippen LogP contribution >= 0.6 is 0 Å². The smallest absolute Gasteiger partial charge is 0.139 e. The number of hydrogen-bond acceptors (Lipinski definition) is 3. The molecule has 0 aromatic heterocycles. The first-order valence-corrected chi connectivity index (χ1v) is 7.28. The maximum Gasteiger partial charge on any atom is 0.139 e. The van der Waals surface area contributed by atoms with Gasteiger partial charge < -0.3 is 15.8 Å². The normalized spacial score (nSPS) is 24.4. The molecule has 2 aliphatic carbocycles. The summed E-state index contributed by atoms with van der Waals surface area (Å²) in [4.78, 5) is 2.47. The summed E-state index contributed by atoms with van der Waals surface area (Å²) in [5.41, 5.74) is 5.95. The highest BCUT2D eigenvalue weighted by molar-refractivity contribution is 5.80. The highest BCUT2D eigenvalue weighted by atomic mass is 16.4. The van der Waals surface area contributed by atoms with Crippen molar-refractivity contribution in [2.75, 3.05) is 20.1 Å². The van der Waals surface area contributed by atoms with Crippen LogP contribution in [0, 0.1) is 11.3 Å². The molecule has 0 amide bonds. The Morgan fingerprint density at radius 1 is 1.33 bits per heavy atom. The van der Waals surface area contributed by atoms with E-state index in [1.807, 2.05) is 0 Å². The first-order chi connectivity index (χ1) is 8.63. The minimum absolute atomic E-state index is 0.305. The van der Waals surface area contributed by atoms with Crippen LogP contribution in [0.3, 0.4) is 0 Å². The lowest BCUT2D eigenvalue weighted by Crippen LogP contribution is -2.34. The molecular weight excluding hydrogens is 226 g/mol. The first-order valence-electron chi connectivity index (χ1n) is 7.28. The molecule has 0 heterocycles. The van der Waals surface area contributed by atoms with Crippen LogP contribution in [0.4, 0.5) is 0 Å². The zero-order valence-corrected chi connectivity index (χ0v) is 11.6. The minimum Gasteiger partial charge on any atom is -0.409 e. The zero-order valence-electron chi connectivity index (χ0n) is 11.6. The van der Waals surface area contributed by atoms with E-state index in [4.69, 9.17) is 10.9 Å². The van der Waals surface area contributed by atoms with Crippen LogP contribution in [0.15, 0.2) is 5.16 Å². The average Bonchev–Trinajstić information content (AvgIpc) is 3.09. The van der Waals surface area contributed by atoms with Gasteiger partial charge in [0.25, 0.3) is 0 Å². The summed E-state index contributed by atoms with van der Waals surface area (Å²) < 4.78 is 0. The van der Waals surface area contributed by atoms with E-state index in [1.54, 1.807) is 0 Å². The van der Waals surface area contributed by atoms with Crippen molar-refractivity contribution in [3.05, 3.63) is 0 Å². The van der Waals surface area contributed by atoms with E-state index in [0.29, 0.717) is 11.3 Å². The molecule has 4 heteroatoms. The molecule has 0 bridgehead atoms. The summed E-state index contributed by atoms with van der Waals surface area (Å²) in [7, 11) is 2.22. The van der Waals surface area contributed by atoms with Crippen LogP contribution in [-0.4, -0.2) is 36.1 Å². The second-order valence-electron chi connectivity index (χ2n) is 6.47. The molecule has 0 atom stereocenters. The Bertz CT molecular complexity index is 293. The van der Waals surface area contributed by atoms with Crippen molar-refractivity contribution in [1.82, 2.24) is 4.90 Å². The summed E-state index contributed by atoms with van der Waals surface area (Å²) in [6, 6.07) is 0.